The Balaban J connectivity index is 1.50. The van der Waals surface area contributed by atoms with E-state index >= 15 is 0 Å². The van der Waals surface area contributed by atoms with Gasteiger partial charge in [0.1, 0.15) is 12.4 Å². The first-order valence-corrected chi connectivity index (χ1v) is 8.64. The van der Waals surface area contributed by atoms with Gasteiger partial charge in [0.05, 0.1) is 0 Å². The summed E-state index contributed by atoms with van der Waals surface area (Å²) >= 11 is 0. The lowest BCUT2D eigenvalue weighted by Gasteiger charge is -2.13. The van der Waals surface area contributed by atoms with Gasteiger partial charge in [0, 0.05) is 19.0 Å². The number of benzene rings is 1. The van der Waals surface area contributed by atoms with Crippen LogP contribution in [-0.2, 0) is 11.3 Å². The van der Waals surface area contributed by atoms with Crippen molar-refractivity contribution in [2.75, 3.05) is 6.54 Å². The molecule has 128 valence electrons. The predicted octanol–water partition coefficient (Wildman–Crippen LogP) is 2.06. The third-order valence-electron chi connectivity index (χ3n) is 4.61. The van der Waals surface area contributed by atoms with Gasteiger partial charge in [0.25, 0.3) is 0 Å². The van der Waals surface area contributed by atoms with E-state index in [-0.39, 0.29) is 11.8 Å². The number of aliphatic hydroxyl groups is 1. The van der Waals surface area contributed by atoms with E-state index < -0.39 is 6.10 Å². The van der Waals surface area contributed by atoms with Crippen molar-refractivity contribution in [3.8, 4) is 0 Å². The molecule has 1 atom stereocenters. The fourth-order valence-corrected chi connectivity index (χ4v) is 3.23. The van der Waals surface area contributed by atoms with Crippen LogP contribution in [0.2, 0.25) is 0 Å². The Morgan fingerprint density at radius 1 is 1.29 bits per heavy atom. The number of hydrogen-bond acceptors (Lipinski definition) is 4. The molecule has 0 bridgehead atoms. The summed E-state index contributed by atoms with van der Waals surface area (Å²) in [6.07, 6.45) is 5.99. The van der Waals surface area contributed by atoms with Crippen LogP contribution in [0.15, 0.2) is 36.7 Å². The fourth-order valence-electron chi connectivity index (χ4n) is 3.23. The van der Waals surface area contributed by atoms with E-state index in [1.165, 1.54) is 12.8 Å². The highest BCUT2D eigenvalue weighted by Gasteiger charge is 2.22. The number of carbonyl (C=O) groups is 1. The Bertz CT molecular complexity index is 650. The van der Waals surface area contributed by atoms with E-state index in [1.54, 1.807) is 6.33 Å². The average Bonchev–Trinajstić information content (AvgIpc) is 3.30. The van der Waals surface area contributed by atoms with Crippen LogP contribution in [0.3, 0.4) is 0 Å². The average molecular weight is 328 g/mol. The molecular weight excluding hydrogens is 304 g/mol. The van der Waals surface area contributed by atoms with E-state index in [1.807, 2.05) is 34.9 Å². The molecule has 6 heteroatoms. The van der Waals surface area contributed by atoms with Crippen molar-refractivity contribution in [2.45, 2.75) is 44.8 Å². The van der Waals surface area contributed by atoms with Gasteiger partial charge in [-0.05, 0) is 24.8 Å². The van der Waals surface area contributed by atoms with Crippen LogP contribution in [-0.4, -0.2) is 32.3 Å². The minimum atomic E-state index is -0.790. The molecule has 3 rings (SSSR count). The van der Waals surface area contributed by atoms with Gasteiger partial charge in [0.15, 0.2) is 5.82 Å². The van der Waals surface area contributed by atoms with Crippen molar-refractivity contribution in [1.29, 1.82) is 0 Å². The van der Waals surface area contributed by atoms with Crippen molar-refractivity contribution < 1.29 is 9.90 Å². The number of aryl methyl sites for hydroxylation is 1. The summed E-state index contributed by atoms with van der Waals surface area (Å²) in [4.78, 5) is 12.0. The second-order valence-corrected chi connectivity index (χ2v) is 6.32. The zero-order chi connectivity index (χ0) is 16.8. The molecule has 6 nitrogen and oxygen atoms in total. The molecule has 0 saturated heterocycles. The summed E-state index contributed by atoms with van der Waals surface area (Å²) in [7, 11) is 0. The number of nitrogens with one attached hydrogen (secondary N) is 1. The first kappa shape index (κ1) is 16.6. The number of aromatic nitrogens is 3. The predicted molar refractivity (Wildman–Crippen MR) is 90.1 cm³/mol. The maximum absolute atomic E-state index is 12.0. The molecule has 1 amide bonds. The second kappa shape index (κ2) is 8.06. The third kappa shape index (κ3) is 4.00. The number of aliphatic hydroxyl groups excluding tert-OH is 1. The summed E-state index contributed by atoms with van der Waals surface area (Å²) < 4.78 is 1.85. The third-order valence-corrected chi connectivity index (χ3v) is 4.61. The highest BCUT2D eigenvalue weighted by atomic mass is 16.3. The Labute approximate surface area is 141 Å². The lowest BCUT2D eigenvalue weighted by Crippen LogP contribution is -2.30. The molecule has 24 heavy (non-hydrogen) atoms. The van der Waals surface area contributed by atoms with Gasteiger partial charge in [-0.15, -0.1) is 10.2 Å². The topological polar surface area (TPSA) is 80.0 Å². The summed E-state index contributed by atoms with van der Waals surface area (Å²) in [5.41, 5.74) is 0.793. The SMILES string of the molecule is O=C(NCCCn1cnnc1[C@@H](O)c1ccccc1)C1CCCC1. The molecular formula is C18H24N4O2. The van der Waals surface area contributed by atoms with Crippen molar-refractivity contribution in [3.05, 3.63) is 48.0 Å². The van der Waals surface area contributed by atoms with E-state index in [0.29, 0.717) is 18.9 Å². The van der Waals surface area contributed by atoms with Gasteiger partial charge in [-0.1, -0.05) is 43.2 Å². The van der Waals surface area contributed by atoms with Crippen LogP contribution in [0, 0.1) is 5.92 Å². The fraction of sp³-hybridized carbons (Fsp3) is 0.500. The minimum absolute atomic E-state index is 0.181. The summed E-state index contributed by atoms with van der Waals surface area (Å²) in [5.74, 6) is 0.916. The molecule has 0 aliphatic heterocycles. The normalized spacial score (nSPS) is 16.2. The van der Waals surface area contributed by atoms with Gasteiger partial charge in [0.2, 0.25) is 5.91 Å². The molecule has 1 aromatic heterocycles. The molecule has 1 heterocycles. The Morgan fingerprint density at radius 3 is 2.79 bits per heavy atom. The molecule has 1 saturated carbocycles. The van der Waals surface area contributed by atoms with Crippen molar-refractivity contribution in [1.82, 2.24) is 20.1 Å². The lowest BCUT2D eigenvalue weighted by atomic mass is 10.1. The van der Waals surface area contributed by atoms with Crippen molar-refractivity contribution >= 4 is 5.91 Å². The zero-order valence-electron chi connectivity index (χ0n) is 13.8. The van der Waals surface area contributed by atoms with E-state index in [9.17, 15) is 9.90 Å². The van der Waals surface area contributed by atoms with Gasteiger partial charge >= 0.3 is 0 Å². The highest BCUT2D eigenvalue weighted by molar-refractivity contribution is 5.78. The molecule has 1 aromatic carbocycles. The molecule has 2 N–H and O–H groups in total. The first-order chi connectivity index (χ1) is 11.8. The molecule has 0 unspecified atom stereocenters. The van der Waals surface area contributed by atoms with Crippen LogP contribution in [0.1, 0.15) is 49.6 Å². The number of nitrogens with zero attached hydrogens (tertiary/aromatic N) is 3. The summed E-state index contributed by atoms with van der Waals surface area (Å²) in [6, 6.07) is 9.42. The number of carbonyl (C=O) groups excluding carboxylic acids is 1. The Kier molecular flexibility index (Phi) is 5.59. The standard InChI is InChI=1S/C18H24N4O2/c23-16(14-7-2-1-3-8-14)17-21-20-13-22(17)12-6-11-19-18(24)15-9-4-5-10-15/h1-3,7-8,13,15-16,23H,4-6,9-12H2,(H,19,24)/t16-/m0/s1. The maximum Gasteiger partial charge on any atom is 0.223 e. The van der Waals surface area contributed by atoms with Crippen LogP contribution in [0.5, 0.6) is 0 Å². The van der Waals surface area contributed by atoms with Gasteiger partial charge < -0.3 is 15.0 Å². The van der Waals surface area contributed by atoms with Crippen molar-refractivity contribution in [2.24, 2.45) is 5.92 Å². The molecule has 1 aliphatic carbocycles. The van der Waals surface area contributed by atoms with Gasteiger partial charge in [-0.3, -0.25) is 4.79 Å². The van der Waals surface area contributed by atoms with Crippen LogP contribution >= 0.6 is 0 Å². The molecule has 1 fully saturated rings. The largest absolute Gasteiger partial charge is 0.380 e. The first-order valence-electron chi connectivity index (χ1n) is 8.64. The Hall–Kier alpha value is -2.21. The zero-order valence-corrected chi connectivity index (χ0v) is 13.8. The molecule has 2 aromatic rings. The number of rotatable bonds is 7. The molecule has 1 aliphatic rings. The van der Waals surface area contributed by atoms with E-state index in [4.69, 9.17) is 0 Å². The number of amides is 1. The van der Waals surface area contributed by atoms with Gasteiger partial charge in [-0.25, -0.2) is 0 Å². The smallest absolute Gasteiger partial charge is 0.223 e. The highest BCUT2D eigenvalue weighted by Crippen LogP contribution is 2.24. The quantitative estimate of drug-likeness (QED) is 0.763. The summed E-state index contributed by atoms with van der Waals surface area (Å²) in [5, 5.41) is 21.4. The van der Waals surface area contributed by atoms with Crippen LogP contribution < -0.4 is 5.32 Å². The number of hydrogen-bond donors (Lipinski definition) is 2. The lowest BCUT2D eigenvalue weighted by molar-refractivity contribution is -0.124. The second-order valence-electron chi connectivity index (χ2n) is 6.32. The molecule has 0 spiro atoms. The van der Waals surface area contributed by atoms with E-state index in [0.717, 1.165) is 24.8 Å². The van der Waals surface area contributed by atoms with E-state index in [2.05, 4.69) is 15.5 Å². The van der Waals surface area contributed by atoms with Crippen molar-refractivity contribution in [3.63, 3.8) is 0 Å². The Morgan fingerprint density at radius 2 is 2.04 bits per heavy atom. The maximum atomic E-state index is 12.0. The van der Waals surface area contributed by atoms with Crippen LogP contribution in [0.4, 0.5) is 0 Å². The van der Waals surface area contributed by atoms with Crippen LogP contribution in [0.25, 0.3) is 0 Å². The molecule has 0 radical (unpaired) electrons. The van der Waals surface area contributed by atoms with Gasteiger partial charge in [-0.2, -0.15) is 0 Å². The summed E-state index contributed by atoms with van der Waals surface area (Å²) in [6.45, 7) is 1.30. The minimum Gasteiger partial charge on any atom is -0.380 e. The monoisotopic (exact) mass is 328 g/mol.